The molecule has 1 aliphatic carbocycles. The molecule has 2 aliphatic rings. The van der Waals surface area contributed by atoms with E-state index >= 15 is 0 Å². The number of nitrogens with zero attached hydrogens (tertiary/aromatic N) is 1. The Labute approximate surface area is 127 Å². The van der Waals surface area contributed by atoms with Gasteiger partial charge in [0.05, 0.1) is 0 Å². The maximum Gasteiger partial charge on any atom is 0.0262 e. The van der Waals surface area contributed by atoms with Crippen LogP contribution in [0.3, 0.4) is 0 Å². The smallest absolute Gasteiger partial charge is 0.0262 e. The number of thioether (sulfide) groups is 1. The molecule has 1 saturated heterocycles. The van der Waals surface area contributed by atoms with E-state index in [1.165, 1.54) is 43.7 Å². The van der Waals surface area contributed by atoms with Gasteiger partial charge in [-0.15, -0.1) is 0 Å². The fourth-order valence-corrected chi connectivity index (χ4v) is 3.68. The summed E-state index contributed by atoms with van der Waals surface area (Å²) in [6, 6.07) is 12.4. The van der Waals surface area contributed by atoms with Crippen molar-refractivity contribution in [2.75, 3.05) is 31.6 Å². The summed E-state index contributed by atoms with van der Waals surface area (Å²) in [7, 11) is 0. The average Bonchev–Trinajstić information content (AvgIpc) is 3.32. The molecule has 20 heavy (non-hydrogen) atoms. The van der Waals surface area contributed by atoms with E-state index in [0.717, 1.165) is 18.5 Å². The third kappa shape index (κ3) is 3.78. The highest BCUT2D eigenvalue weighted by Gasteiger charge is 2.36. The largest absolute Gasteiger partial charge is 0.311 e. The normalized spacial score (nSPS) is 27.6. The zero-order valence-corrected chi connectivity index (χ0v) is 13.2. The Kier molecular flexibility index (Phi) is 5.03. The number of benzene rings is 1. The maximum atomic E-state index is 3.81. The Morgan fingerprint density at radius 3 is 2.75 bits per heavy atom. The molecule has 0 spiro atoms. The summed E-state index contributed by atoms with van der Waals surface area (Å²) in [5.74, 6) is 2.22. The van der Waals surface area contributed by atoms with E-state index in [-0.39, 0.29) is 0 Å². The van der Waals surface area contributed by atoms with Crippen LogP contribution in [-0.2, 0) is 6.42 Å². The van der Waals surface area contributed by atoms with Crippen LogP contribution in [0.25, 0.3) is 0 Å². The molecular formula is C17H26N2S. The molecule has 2 fully saturated rings. The van der Waals surface area contributed by atoms with Gasteiger partial charge in [-0.1, -0.05) is 30.3 Å². The molecule has 110 valence electrons. The summed E-state index contributed by atoms with van der Waals surface area (Å²) in [6.07, 6.45) is 6.28. The molecule has 1 saturated carbocycles. The first-order valence-electron chi connectivity index (χ1n) is 7.87. The van der Waals surface area contributed by atoms with Crippen molar-refractivity contribution in [3.63, 3.8) is 0 Å². The lowest BCUT2D eigenvalue weighted by atomic mass is 9.99. The van der Waals surface area contributed by atoms with Crippen LogP contribution >= 0.6 is 11.8 Å². The molecule has 0 radical (unpaired) electrons. The fourth-order valence-electron chi connectivity index (χ4n) is 3.27. The van der Waals surface area contributed by atoms with Crippen LogP contribution in [0.2, 0.25) is 0 Å². The van der Waals surface area contributed by atoms with Gasteiger partial charge in [-0.2, -0.15) is 11.8 Å². The van der Waals surface area contributed by atoms with Gasteiger partial charge in [-0.3, -0.25) is 4.90 Å². The van der Waals surface area contributed by atoms with Gasteiger partial charge in [0.15, 0.2) is 0 Å². The standard InChI is InChI=1S/C17H26N2S/c1-20-10-9-19-13-17(15-7-8-15)18-12-16(19)11-14-5-3-2-4-6-14/h2-6,15-18H,7-13H2,1H3. The lowest BCUT2D eigenvalue weighted by Gasteiger charge is -2.41. The van der Waals surface area contributed by atoms with E-state index in [0.29, 0.717) is 6.04 Å². The molecule has 3 heteroatoms. The van der Waals surface area contributed by atoms with Crippen molar-refractivity contribution in [1.82, 2.24) is 10.2 Å². The molecule has 0 amide bonds. The summed E-state index contributed by atoms with van der Waals surface area (Å²) in [4.78, 5) is 2.74. The van der Waals surface area contributed by atoms with Gasteiger partial charge in [-0.25, -0.2) is 0 Å². The summed E-state index contributed by atoms with van der Waals surface area (Å²) in [6.45, 7) is 3.65. The Morgan fingerprint density at radius 2 is 2.05 bits per heavy atom. The quantitative estimate of drug-likeness (QED) is 0.867. The Morgan fingerprint density at radius 1 is 1.25 bits per heavy atom. The van der Waals surface area contributed by atoms with Crippen molar-refractivity contribution in [3.8, 4) is 0 Å². The van der Waals surface area contributed by atoms with Crippen LogP contribution in [0.4, 0.5) is 0 Å². The van der Waals surface area contributed by atoms with Crippen molar-refractivity contribution < 1.29 is 0 Å². The van der Waals surface area contributed by atoms with Crippen molar-refractivity contribution in [3.05, 3.63) is 35.9 Å². The average molecular weight is 290 g/mol. The lowest BCUT2D eigenvalue weighted by molar-refractivity contribution is 0.129. The van der Waals surface area contributed by atoms with E-state index < -0.39 is 0 Å². The van der Waals surface area contributed by atoms with Crippen molar-refractivity contribution in [1.29, 1.82) is 0 Å². The second kappa shape index (κ2) is 6.97. The van der Waals surface area contributed by atoms with Gasteiger partial charge in [0, 0.05) is 37.5 Å². The Bertz CT molecular complexity index is 405. The summed E-state index contributed by atoms with van der Waals surface area (Å²) in [5, 5.41) is 3.81. The molecule has 1 aromatic rings. The third-order valence-electron chi connectivity index (χ3n) is 4.65. The molecule has 0 bridgehead atoms. The minimum Gasteiger partial charge on any atom is -0.311 e. The van der Waals surface area contributed by atoms with Gasteiger partial charge in [-0.05, 0) is 37.0 Å². The number of piperazine rings is 1. The first-order valence-corrected chi connectivity index (χ1v) is 9.26. The molecule has 3 rings (SSSR count). The van der Waals surface area contributed by atoms with Crippen molar-refractivity contribution in [2.24, 2.45) is 5.92 Å². The van der Waals surface area contributed by atoms with Gasteiger partial charge < -0.3 is 5.32 Å². The molecule has 2 unspecified atom stereocenters. The minimum atomic E-state index is 0.666. The number of nitrogens with one attached hydrogen (secondary N) is 1. The van der Waals surface area contributed by atoms with Gasteiger partial charge in [0.2, 0.25) is 0 Å². The molecule has 2 nitrogen and oxygen atoms in total. The molecule has 1 aliphatic heterocycles. The molecule has 2 atom stereocenters. The summed E-state index contributed by atoms with van der Waals surface area (Å²) >= 11 is 1.97. The first kappa shape index (κ1) is 14.4. The predicted molar refractivity (Wildman–Crippen MR) is 88.4 cm³/mol. The van der Waals surface area contributed by atoms with Gasteiger partial charge in [0.25, 0.3) is 0 Å². The van der Waals surface area contributed by atoms with Crippen LogP contribution in [0.5, 0.6) is 0 Å². The highest BCUT2D eigenvalue weighted by Crippen LogP contribution is 2.34. The Hall–Kier alpha value is -0.510. The van der Waals surface area contributed by atoms with E-state index in [1.807, 2.05) is 11.8 Å². The van der Waals surface area contributed by atoms with E-state index in [2.05, 4.69) is 46.8 Å². The van der Waals surface area contributed by atoms with Crippen LogP contribution in [0.15, 0.2) is 30.3 Å². The van der Waals surface area contributed by atoms with Crippen LogP contribution in [-0.4, -0.2) is 48.6 Å². The zero-order chi connectivity index (χ0) is 13.8. The Balaban J connectivity index is 1.61. The fraction of sp³-hybridized carbons (Fsp3) is 0.647. The van der Waals surface area contributed by atoms with Crippen molar-refractivity contribution in [2.45, 2.75) is 31.3 Å². The summed E-state index contributed by atoms with van der Waals surface area (Å²) in [5.41, 5.74) is 1.47. The molecule has 1 N–H and O–H groups in total. The lowest BCUT2D eigenvalue weighted by Crippen LogP contribution is -2.58. The highest BCUT2D eigenvalue weighted by atomic mass is 32.2. The van der Waals surface area contributed by atoms with E-state index in [1.54, 1.807) is 0 Å². The second-order valence-electron chi connectivity index (χ2n) is 6.18. The van der Waals surface area contributed by atoms with E-state index in [9.17, 15) is 0 Å². The molecular weight excluding hydrogens is 264 g/mol. The van der Waals surface area contributed by atoms with Crippen molar-refractivity contribution >= 4 is 11.8 Å². The monoisotopic (exact) mass is 290 g/mol. The highest BCUT2D eigenvalue weighted by molar-refractivity contribution is 7.98. The SMILES string of the molecule is CSCCN1CC(C2CC2)NCC1Cc1ccccc1. The van der Waals surface area contributed by atoms with Crippen LogP contribution in [0, 0.1) is 5.92 Å². The zero-order valence-electron chi connectivity index (χ0n) is 12.4. The van der Waals surface area contributed by atoms with Gasteiger partial charge >= 0.3 is 0 Å². The maximum absolute atomic E-state index is 3.81. The molecule has 1 aromatic carbocycles. The molecule has 1 heterocycles. The summed E-state index contributed by atoms with van der Waals surface area (Å²) < 4.78 is 0. The van der Waals surface area contributed by atoms with Crippen LogP contribution < -0.4 is 5.32 Å². The molecule has 0 aromatic heterocycles. The van der Waals surface area contributed by atoms with Crippen LogP contribution in [0.1, 0.15) is 18.4 Å². The first-order chi connectivity index (χ1) is 9.86. The van der Waals surface area contributed by atoms with Gasteiger partial charge in [0.1, 0.15) is 0 Å². The predicted octanol–water partition coefficient (Wildman–Crippen LogP) is 2.64. The minimum absolute atomic E-state index is 0.666. The number of hydrogen-bond donors (Lipinski definition) is 1. The number of hydrogen-bond acceptors (Lipinski definition) is 3. The second-order valence-corrected chi connectivity index (χ2v) is 7.17. The van der Waals surface area contributed by atoms with E-state index in [4.69, 9.17) is 0 Å². The third-order valence-corrected chi connectivity index (χ3v) is 5.24. The number of rotatable bonds is 6. The topological polar surface area (TPSA) is 15.3 Å².